The summed E-state index contributed by atoms with van der Waals surface area (Å²) in [5.74, 6) is 0. The molecule has 3 nitrogen and oxygen atoms in total. The van der Waals surface area contributed by atoms with E-state index in [0.29, 0.717) is 6.42 Å². The summed E-state index contributed by atoms with van der Waals surface area (Å²) < 4.78 is 6.03. The lowest BCUT2D eigenvalue weighted by Crippen LogP contribution is -2.37. The van der Waals surface area contributed by atoms with Crippen molar-refractivity contribution in [2.24, 2.45) is 5.41 Å². The molecule has 1 rings (SSSR count). The molecule has 0 saturated heterocycles. The summed E-state index contributed by atoms with van der Waals surface area (Å²) in [6.07, 6.45) is 5.45. The Labute approximate surface area is 103 Å². The second kappa shape index (κ2) is 5.13. The van der Waals surface area contributed by atoms with E-state index >= 15 is 0 Å². The van der Waals surface area contributed by atoms with Crippen molar-refractivity contribution >= 4 is 12.6 Å². The van der Waals surface area contributed by atoms with Crippen LogP contribution in [0.5, 0.6) is 0 Å². The smallest absolute Gasteiger partial charge is 0.142 e. The molecule has 0 bridgehead atoms. The van der Waals surface area contributed by atoms with E-state index < -0.39 is 0 Å². The summed E-state index contributed by atoms with van der Waals surface area (Å²) >= 11 is 0. The molecule has 96 valence electrons. The number of carbonyl (C=O) groups excluding carboxylic acids is 2. The van der Waals surface area contributed by atoms with Gasteiger partial charge in [0.25, 0.3) is 0 Å². The quantitative estimate of drug-likeness (QED) is 0.558. The number of hydrogen-bond donors (Lipinski definition) is 0. The first-order valence-corrected chi connectivity index (χ1v) is 6.10. The number of rotatable bonds is 4. The maximum atomic E-state index is 10.9. The third-order valence-corrected chi connectivity index (χ3v) is 3.39. The van der Waals surface area contributed by atoms with Crippen LogP contribution in [-0.4, -0.2) is 24.3 Å². The van der Waals surface area contributed by atoms with E-state index in [1.54, 1.807) is 6.08 Å². The molecule has 0 spiro atoms. The van der Waals surface area contributed by atoms with Crippen LogP contribution in [-0.2, 0) is 14.3 Å². The summed E-state index contributed by atoms with van der Waals surface area (Å²) in [7, 11) is 0. The summed E-state index contributed by atoms with van der Waals surface area (Å²) in [5.41, 5.74) is 0.482. The molecule has 1 saturated carbocycles. The van der Waals surface area contributed by atoms with Gasteiger partial charge in [-0.2, -0.15) is 0 Å². The molecule has 17 heavy (non-hydrogen) atoms. The van der Waals surface area contributed by atoms with Crippen molar-refractivity contribution in [1.82, 2.24) is 0 Å². The number of carbonyl (C=O) groups is 2. The Balaban J connectivity index is 2.96. The van der Waals surface area contributed by atoms with E-state index in [-0.39, 0.29) is 17.1 Å². The Morgan fingerprint density at radius 3 is 2.53 bits per heavy atom. The van der Waals surface area contributed by atoms with Crippen LogP contribution < -0.4 is 0 Å². The van der Waals surface area contributed by atoms with Crippen LogP contribution in [0.2, 0.25) is 0 Å². The number of aldehydes is 2. The topological polar surface area (TPSA) is 43.4 Å². The molecular formula is C14H22O3. The average molecular weight is 238 g/mol. The second-order valence-electron chi connectivity index (χ2n) is 5.87. The molecule has 0 N–H and O–H groups in total. The number of ether oxygens (including phenoxy) is 1. The number of hydrogen-bond acceptors (Lipinski definition) is 3. The van der Waals surface area contributed by atoms with Crippen molar-refractivity contribution in [3.05, 3.63) is 11.6 Å². The highest BCUT2D eigenvalue weighted by atomic mass is 16.5. The summed E-state index contributed by atoms with van der Waals surface area (Å²) in [4.78, 5) is 21.5. The maximum absolute atomic E-state index is 10.9. The Kier molecular flexibility index (Phi) is 4.26. The van der Waals surface area contributed by atoms with Crippen molar-refractivity contribution in [2.75, 3.05) is 0 Å². The normalized spacial score (nSPS) is 31.8. The fourth-order valence-electron chi connectivity index (χ4n) is 2.50. The lowest BCUT2D eigenvalue weighted by atomic mass is 9.79. The van der Waals surface area contributed by atoms with Crippen molar-refractivity contribution in [3.63, 3.8) is 0 Å². The van der Waals surface area contributed by atoms with Crippen LogP contribution >= 0.6 is 0 Å². The Morgan fingerprint density at radius 1 is 1.41 bits per heavy atom. The van der Waals surface area contributed by atoms with Gasteiger partial charge in [0.2, 0.25) is 0 Å². The molecule has 1 fully saturated rings. The van der Waals surface area contributed by atoms with Gasteiger partial charge in [0.1, 0.15) is 12.6 Å². The first-order valence-electron chi connectivity index (χ1n) is 6.10. The predicted molar refractivity (Wildman–Crippen MR) is 66.8 cm³/mol. The molecule has 0 unspecified atom stereocenters. The predicted octanol–water partition coefficient (Wildman–Crippen LogP) is 2.68. The van der Waals surface area contributed by atoms with Crippen molar-refractivity contribution in [2.45, 2.75) is 58.7 Å². The van der Waals surface area contributed by atoms with Gasteiger partial charge < -0.3 is 9.53 Å². The van der Waals surface area contributed by atoms with E-state index in [4.69, 9.17) is 4.74 Å². The SMILES string of the molecule is CC(C)(C)O[C@H]1CC/C(=C/C=O)[C@]1(C)CC=O. The first kappa shape index (κ1) is 14.1. The van der Waals surface area contributed by atoms with E-state index in [1.807, 2.05) is 27.7 Å². The van der Waals surface area contributed by atoms with Gasteiger partial charge in [-0.05, 0) is 39.7 Å². The average Bonchev–Trinajstić information content (AvgIpc) is 2.45. The minimum absolute atomic E-state index is 0.0129. The molecular weight excluding hydrogens is 216 g/mol. The first-order chi connectivity index (χ1) is 7.83. The molecule has 1 aliphatic rings. The zero-order valence-corrected chi connectivity index (χ0v) is 11.2. The van der Waals surface area contributed by atoms with Crippen LogP contribution in [0.25, 0.3) is 0 Å². The number of allylic oxidation sites excluding steroid dienone is 1. The van der Waals surface area contributed by atoms with Gasteiger partial charge in [0.15, 0.2) is 0 Å². The fourth-order valence-corrected chi connectivity index (χ4v) is 2.50. The van der Waals surface area contributed by atoms with Gasteiger partial charge in [-0.15, -0.1) is 0 Å². The minimum Gasteiger partial charge on any atom is -0.372 e. The molecule has 0 aromatic rings. The minimum atomic E-state index is -0.323. The van der Waals surface area contributed by atoms with Gasteiger partial charge >= 0.3 is 0 Å². The lowest BCUT2D eigenvalue weighted by molar-refractivity contribution is -0.118. The third-order valence-electron chi connectivity index (χ3n) is 3.39. The van der Waals surface area contributed by atoms with E-state index in [1.165, 1.54) is 0 Å². The molecule has 0 aromatic heterocycles. The molecule has 3 heteroatoms. The second-order valence-corrected chi connectivity index (χ2v) is 5.87. The van der Waals surface area contributed by atoms with Crippen molar-refractivity contribution in [1.29, 1.82) is 0 Å². The monoisotopic (exact) mass is 238 g/mol. The summed E-state index contributed by atoms with van der Waals surface area (Å²) in [6.45, 7) is 8.04. The Morgan fingerprint density at radius 2 is 2.06 bits per heavy atom. The molecule has 0 radical (unpaired) electrons. The molecule has 0 aliphatic heterocycles. The lowest BCUT2D eigenvalue weighted by Gasteiger charge is -2.35. The van der Waals surface area contributed by atoms with Gasteiger partial charge in [0.05, 0.1) is 11.7 Å². The standard InChI is InChI=1S/C14H22O3/c1-13(2,3)17-12-6-5-11(7-9-15)14(12,4)8-10-16/h7,9-10,12H,5-6,8H2,1-4H3/b11-7-/t12-,14-/m0/s1. The Bertz CT molecular complexity index is 325. The maximum Gasteiger partial charge on any atom is 0.142 e. The molecule has 2 atom stereocenters. The van der Waals surface area contributed by atoms with Crippen LogP contribution in [0.1, 0.15) is 47.0 Å². The van der Waals surface area contributed by atoms with E-state index in [9.17, 15) is 9.59 Å². The van der Waals surface area contributed by atoms with Gasteiger partial charge in [-0.25, -0.2) is 0 Å². The van der Waals surface area contributed by atoms with E-state index in [2.05, 4.69) is 0 Å². The van der Waals surface area contributed by atoms with Crippen molar-refractivity contribution in [3.8, 4) is 0 Å². The largest absolute Gasteiger partial charge is 0.372 e. The van der Waals surface area contributed by atoms with Gasteiger partial charge in [-0.1, -0.05) is 12.5 Å². The zero-order valence-electron chi connectivity index (χ0n) is 11.2. The molecule has 0 amide bonds. The summed E-state index contributed by atoms with van der Waals surface area (Å²) in [5, 5.41) is 0. The highest BCUT2D eigenvalue weighted by Crippen LogP contribution is 2.47. The highest BCUT2D eigenvalue weighted by molar-refractivity contribution is 5.67. The van der Waals surface area contributed by atoms with Crippen molar-refractivity contribution < 1.29 is 14.3 Å². The summed E-state index contributed by atoms with van der Waals surface area (Å²) in [6, 6.07) is 0. The highest BCUT2D eigenvalue weighted by Gasteiger charge is 2.44. The molecule has 0 aromatic carbocycles. The Hall–Kier alpha value is -0.960. The third kappa shape index (κ3) is 3.25. The van der Waals surface area contributed by atoms with E-state index in [0.717, 1.165) is 31.0 Å². The van der Waals surface area contributed by atoms with Crippen LogP contribution in [0.4, 0.5) is 0 Å². The van der Waals surface area contributed by atoms with Gasteiger partial charge in [0, 0.05) is 11.8 Å². The fraction of sp³-hybridized carbons (Fsp3) is 0.714. The van der Waals surface area contributed by atoms with Crippen LogP contribution in [0, 0.1) is 5.41 Å². The van der Waals surface area contributed by atoms with Crippen LogP contribution in [0.15, 0.2) is 11.6 Å². The van der Waals surface area contributed by atoms with Crippen LogP contribution in [0.3, 0.4) is 0 Å². The zero-order chi connectivity index (χ0) is 13.1. The molecule has 0 heterocycles. The van der Waals surface area contributed by atoms with Gasteiger partial charge in [-0.3, -0.25) is 4.79 Å². The molecule has 1 aliphatic carbocycles.